The maximum absolute atomic E-state index is 12.6. The molecule has 0 bridgehead atoms. The van der Waals surface area contributed by atoms with Crippen molar-refractivity contribution >= 4 is 21.6 Å². The highest BCUT2D eigenvalue weighted by atomic mass is 32.2. The molecule has 1 aliphatic rings. The van der Waals surface area contributed by atoms with Gasteiger partial charge in [0.25, 0.3) is 0 Å². The van der Waals surface area contributed by atoms with Crippen molar-refractivity contribution < 1.29 is 13.2 Å². The molecule has 1 saturated heterocycles. The predicted molar refractivity (Wildman–Crippen MR) is 96.7 cm³/mol. The van der Waals surface area contributed by atoms with Crippen molar-refractivity contribution in [3.63, 3.8) is 0 Å². The number of unbranched alkanes of at least 4 members (excludes halogenated alkanes) is 2. The van der Waals surface area contributed by atoms with E-state index in [0.29, 0.717) is 23.4 Å². The summed E-state index contributed by atoms with van der Waals surface area (Å²) < 4.78 is 28.0. The summed E-state index contributed by atoms with van der Waals surface area (Å²) in [6.07, 6.45) is 5.52. The van der Waals surface area contributed by atoms with Crippen LogP contribution in [0, 0.1) is 6.92 Å². The van der Waals surface area contributed by atoms with Crippen molar-refractivity contribution in [3.8, 4) is 0 Å². The lowest BCUT2D eigenvalue weighted by atomic mass is 10.1. The lowest BCUT2D eigenvalue weighted by Crippen LogP contribution is -2.33. The van der Waals surface area contributed by atoms with Gasteiger partial charge in [0.1, 0.15) is 0 Å². The molecule has 6 heteroatoms. The molecule has 134 valence electrons. The van der Waals surface area contributed by atoms with Crippen LogP contribution < -0.4 is 9.62 Å². The van der Waals surface area contributed by atoms with Crippen molar-refractivity contribution in [3.05, 3.63) is 23.8 Å². The van der Waals surface area contributed by atoms with Gasteiger partial charge in [-0.05, 0) is 50.5 Å². The van der Waals surface area contributed by atoms with Crippen LogP contribution in [-0.2, 0) is 14.8 Å². The van der Waals surface area contributed by atoms with Gasteiger partial charge in [0, 0.05) is 24.7 Å². The molecule has 1 aromatic rings. The lowest BCUT2D eigenvalue weighted by Gasteiger charge is -2.19. The van der Waals surface area contributed by atoms with Gasteiger partial charge in [-0.2, -0.15) is 0 Å². The van der Waals surface area contributed by atoms with Gasteiger partial charge in [-0.15, -0.1) is 0 Å². The summed E-state index contributed by atoms with van der Waals surface area (Å²) in [4.78, 5) is 13.9. The van der Waals surface area contributed by atoms with Crippen LogP contribution in [-0.4, -0.2) is 26.9 Å². The number of nitrogens with one attached hydrogen (secondary N) is 1. The van der Waals surface area contributed by atoms with E-state index in [4.69, 9.17) is 0 Å². The quantitative estimate of drug-likeness (QED) is 0.730. The van der Waals surface area contributed by atoms with Gasteiger partial charge in [0.15, 0.2) is 0 Å². The smallest absolute Gasteiger partial charge is 0.241 e. The number of benzene rings is 1. The van der Waals surface area contributed by atoms with E-state index in [2.05, 4.69) is 11.6 Å². The fourth-order valence-corrected chi connectivity index (χ4v) is 4.62. The highest BCUT2D eigenvalue weighted by Gasteiger charge is 2.24. The second-order valence-corrected chi connectivity index (χ2v) is 8.30. The molecule has 0 aromatic heterocycles. The summed E-state index contributed by atoms with van der Waals surface area (Å²) in [5, 5.41) is 0. The molecule has 24 heavy (non-hydrogen) atoms. The van der Waals surface area contributed by atoms with Crippen molar-refractivity contribution in [1.29, 1.82) is 0 Å². The van der Waals surface area contributed by atoms with Crippen molar-refractivity contribution in [2.24, 2.45) is 0 Å². The number of rotatable bonds is 8. The van der Waals surface area contributed by atoms with E-state index in [9.17, 15) is 13.2 Å². The Morgan fingerprint density at radius 1 is 1.29 bits per heavy atom. The van der Waals surface area contributed by atoms with Crippen LogP contribution in [0.3, 0.4) is 0 Å². The molecule has 0 spiro atoms. The lowest BCUT2D eigenvalue weighted by molar-refractivity contribution is -0.117. The van der Waals surface area contributed by atoms with Crippen LogP contribution >= 0.6 is 0 Å². The minimum absolute atomic E-state index is 0.0826. The molecule has 0 radical (unpaired) electrons. The first-order chi connectivity index (χ1) is 11.3. The molecule has 1 unspecified atom stereocenters. The second-order valence-electron chi connectivity index (χ2n) is 6.62. The van der Waals surface area contributed by atoms with E-state index < -0.39 is 10.0 Å². The van der Waals surface area contributed by atoms with Crippen molar-refractivity contribution in [2.45, 2.75) is 70.2 Å². The van der Waals surface area contributed by atoms with Gasteiger partial charge in [0.2, 0.25) is 15.9 Å². The van der Waals surface area contributed by atoms with Gasteiger partial charge in [-0.25, -0.2) is 13.1 Å². The molecular formula is C18H28N2O3S. The molecule has 0 saturated carbocycles. The fraction of sp³-hybridized carbons (Fsp3) is 0.611. The molecule has 2 rings (SSSR count). The van der Waals surface area contributed by atoms with Crippen LogP contribution in [0.25, 0.3) is 0 Å². The number of carbonyl (C=O) groups is 1. The fourth-order valence-electron chi connectivity index (χ4n) is 3.11. The Kier molecular flexibility index (Phi) is 6.40. The minimum Gasteiger partial charge on any atom is -0.312 e. The van der Waals surface area contributed by atoms with E-state index in [-0.39, 0.29) is 11.9 Å². The Balaban J connectivity index is 2.11. The number of hydrogen-bond acceptors (Lipinski definition) is 3. The first kappa shape index (κ1) is 18.9. The third-order valence-electron chi connectivity index (χ3n) is 4.43. The molecule has 1 N–H and O–H groups in total. The summed E-state index contributed by atoms with van der Waals surface area (Å²) in [6, 6.07) is 5.05. The number of aryl methyl sites for hydroxylation is 1. The van der Waals surface area contributed by atoms with Gasteiger partial charge >= 0.3 is 0 Å². The van der Waals surface area contributed by atoms with Crippen LogP contribution in [0.2, 0.25) is 0 Å². The monoisotopic (exact) mass is 352 g/mol. The number of hydrogen-bond donors (Lipinski definition) is 1. The average Bonchev–Trinajstić information content (AvgIpc) is 2.92. The first-order valence-electron chi connectivity index (χ1n) is 8.78. The summed E-state index contributed by atoms with van der Waals surface area (Å²) in [5.74, 6) is 0.104. The Labute approximate surface area is 145 Å². The molecule has 1 amide bonds. The number of anilines is 1. The molecule has 1 atom stereocenters. The standard InChI is InChI=1S/C18H28N2O3S/c1-4-5-6-8-15(3)19-24(22,23)17-11-10-16(13-14(17)2)20-12-7-9-18(20)21/h10-11,13,15,19H,4-9,12H2,1-3H3. The second kappa shape index (κ2) is 8.12. The summed E-state index contributed by atoms with van der Waals surface area (Å²) >= 11 is 0. The summed E-state index contributed by atoms with van der Waals surface area (Å²) in [6.45, 7) is 6.52. The number of nitrogens with zero attached hydrogens (tertiary/aromatic N) is 1. The summed E-state index contributed by atoms with van der Waals surface area (Å²) in [7, 11) is -3.53. The zero-order chi connectivity index (χ0) is 17.7. The predicted octanol–water partition coefficient (Wildman–Crippen LogP) is 3.37. The summed E-state index contributed by atoms with van der Waals surface area (Å²) in [5.41, 5.74) is 1.45. The minimum atomic E-state index is -3.53. The van der Waals surface area contributed by atoms with Crippen LogP contribution in [0.15, 0.2) is 23.1 Å². The van der Waals surface area contributed by atoms with Crippen LogP contribution in [0.4, 0.5) is 5.69 Å². The molecular weight excluding hydrogens is 324 g/mol. The maximum atomic E-state index is 12.6. The zero-order valence-corrected chi connectivity index (χ0v) is 15.7. The number of sulfonamides is 1. The van der Waals surface area contributed by atoms with E-state index in [1.54, 1.807) is 30.0 Å². The number of amides is 1. The topological polar surface area (TPSA) is 66.5 Å². The average molecular weight is 353 g/mol. The first-order valence-corrected chi connectivity index (χ1v) is 10.3. The maximum Gasteiger partial charge on any atom is 0.241 e. The van der Waals surface area contributed by atoms with Crippen LogP contribution in [0.1, 0.15) is 57.9 Å². The Bertz CT molecular complexity index is 686. The van der Waals surface area contributed by atoms with Crippen LogP contribution in [0.5, 0.6) is 0 Å². The normalized spacial score (nSPS) is 16.6. The third kappa shape index (κ3) is 4.57. The molecule has 1 heterocycles. The van der Waals surface area contributed by atoms with Crippen molar-refractivity contribution in [2.75, 3.05) is 11.4 Å². The Hall–Kier alpha value is -1.40. The van der Waals surface area contributed by atoms with Gasteiger partial charge in [-0.3, -0.25) is 4.79 Å². The molecule has 1 fully saturated rings. The van der Waals surface area contributed by atoms with Gasteiger partial charge < -0.3 is 4.90 Å². The third-order valence-corrected chi connectivity index (χ3v) is 6.18. The molecule has 5 nitrogen and oxygen atoms in total. The SMILES string of the molecule is CCCCCC(C)NS(=O)(=O)c1ccc(N2CCCC2=O)cc1C. The highest BCUT2D eigenvalue weighted by molar-refractivity contribution is 7.89. The molecule has 1 aromatic carbocycles. The van der Waals surface area contributed by atoms with Gasteiger partial charge in [-0.1, -0.05) is 26.2 Å². The van der Waals surface area contributed by atoms with Crippen molar-refractivity contribution in [1.82, 2.24) is 4.72 Å². The van der Waals surface area contributed by atoms with E-state index in [1.807, 2.05) is 6.92 Å². The largest absolute Gasteiger partial charge is 0.312 e. The zero-order valence-electron chi connectivity index (χ0n) is 14.8. The Morgan fingerprint density at radius 3 is 2.62 bits per heavy atom. The molecule has 0 aliphatic carbocycles. The molecule has 1 aliphatic heterocycles. The van der Waals surface area contributed by atoms with Gasteiger partial charge in [0.05, 0.1) is 4.90 Å². The van der Waals surface area contributed by atoms with E-state index in [1.165, 1.54) is 0 Å². The highest BCUT2D eigenvalue weighted by Crippen LogP contribution is 2.26. The van der Waals surface area contributed by atoms with E-state index in [0.717, 1.165) is 37.8 Å². The van der Waals surface area contributed by atoms with E-state index >= 15 is 0 Å². The number of carbonyl (C=O) groups excluding carboxylic acids is 1. The Morgan fingerprint density at radius 2 is 2.04 bits per heavy atom.